The van der Waals surface area contributed by atoms with Crippen LogP contribution in [-0.2, 0) is 0 Å². The summed E-state index contributed by atoms with van der Waals surface area (Å²) in [5.74, 6) is 1.44. The van der Waals surface area contributed by atoms with E-state index in [2.05, 4.69) is 0 Å². The molecule has 0 bridgehead atoms. The van der Waals surface area contributed by atoms with E-state index in [-0.39, 0.29) is 6.61 Å². The minimum atomic E-state index is -0.796. The van der Waals surface area contributed by atoms with Crippen molar-refractivity contribution in [3.05, 3.63) is 0 Å². The van der Waals surface area contributed by atoms with Crippen molar-refractivity contribution < 1.29 is 15.0 Å². The first kappa shape index (κ1) is 8.81. The predicted molar refractivity (Wildman–Crippen MR) is 46.4 cm³/mol. The maximum Gasteiger partial charge on any atom is 0.407 e. The molecule has 1 aliphatic heterocycles. The second kappa shape index (κ2) is 3.18. The molecule has 13 heavy (non-hydrogen) atoms. The molecule has 1 amide bonds. The van der Waals surface area contributed by atoms with Crippen LogP contribution in [0.15, 0.2) is 0 Å². The van der Waals surface area contributed by atoms with Gasteiger partial charge in [0.25, 0.3) is 0 Å². The quantitative estimate of drug-likeness (QED) is 0.629. The van der Waals surface area contributed by atoms with Gasteiger partial charge in [0.1, 0.15) is 0 Å². The molecular formula is C9H15NO3. The molecule has 0 radical (unpaired) electrons. The number of nitrogens with zero attached hydrogens (tertiary/aromatic N) is 1. The number of fused-ring (bicyclic) bond motifs is 1. The van der Waals surface area contributed by atoms with Gasteiger partial charge in [-0.25, -0.2) is 4.79 Å². The molecule has 0 aromatic rings. The second-order valence-electron chi connectivity index (χ2n) is 4.23. The van der Waals surface area contributed by atoms with Gasteiger partial charge in [0.2, 0.25) is 0 Å². The third kappa shape index (κ3) is 1.50. The monoisotopic (exact) mass is 185 g/mol. The number of rotatable bonds is 1. The van der Waals surface area contributed by atoms with E-state index in [0.29, 0.717) is 30.8 Å². The summed E-state index contributed by atoms with van der Waals surface area (Å²) in [5.41, 5.74) is 0. The molecule has 0 aromatic heterocycles. The Labute approximate surface area is 77.2 Å². The van der Waals surface area contributed by atoms with Crippen molar-refractivity contribution in [1.29, 1.82) is 0 Å². The fraction of sp³-hybridized carbons (Fsp3) is 0.889. The molecule has 1 saturated heterocycles. The van der Waals surface area contributed by atoms with Crippen LogP contribution in [0.1, 0.15) is 12.8 Å². The van der Waals surface area contributed by atoms with Crippen LogP contribution in [0.2, 0.25) is 0 Å². The summed E-state index contributed by atoms with van der Waals surface area (Å²) >= 11 is 0. The molecule has 4 heteroatoms. The van der Waals surface area contributed by atoms with Gasteiger partial charge in [-0.15, -0.1) is 0 Å². The molecule has 1 unspecified atom stereocenters. The van der Waals surface area contributed by atoms with E-state index in [1.165, 1.54) is 4.90 Å². The Kier molecular flexibility index (Phi) is 2.15. The maximum absolute atomic E-state index is 10.7. The van der Waals surface area contributed by atoms with E-state index in [9.17, 15) is 4.79 Å². The SMILES string of the molecule is O=C(O)N1C[C@H]2CC(CO)C[C@H]2C1. The Balaban J connectivity index is 1.93. The Bertz CT molecular complexity index is 205. The van der Waals surface area contributed by atoms with Gasteiger partial charge >= 0.3 is 6.09 Å². The molecule has 3 atom stereocenters. The normalized spacial score (nSPS) is 37.9. The van der Waals surface area contributed by atoms with Gasteiger partial charge in [-0.1, -0.05) is 0 Å². The largest absolute Gasteiger partial charge is 0.465 e. The van der Waals surface area contributed by atoms with Gasteiger partial charge in [0.05, 0.1) is 0 Å². The van der Waals surface area contributed by atoms with Crippen LogP contribution >= 0.6 is 0 Å². The average Bonchev–Trinajstić information content (AvgIpc) is 2.58. The highest BCUT2D eigenvalue weighted by molar-refractivity contribution is 5.65. The summed E-state index contributed by atoms with van der Waals surface area (Å²) in [6, 6.07) is 0. The highest BCUT2D eigenvalue weighted by Gasteiger charge is 2.41. The van der Waals surface area contributed by atoms with Crippen molar-refractivity contribution in [1.82, 2.24) is 4.90 Å². The zero-order chi connectivity index (χ0) is 9.42. The Morgan fingerprint density at radius 1 is 1.31 bits per heavy atom. The van der Waals surface area contributed by atoms with Crippen LogP contribution in [0.5, 0.6) is 0 Å². The molecule has 0 spiro atoms. The van der Waals surface area contributed by atoms with Crippen LogP contribution in [0, 0.1) is 17.8 Å². The topological polar surface area (TPSA) is 60.8 Å². The van der Waals surface area contributed by atoms with E-state index in [1.807, 2.05) is 0 Å². The molecule has 2 N–H and O–H groups in total. The third-order valence-electron chi connectivity index (χ3n) is 3.38. The number of aliphatic hydroxyl groups excluding tert-OH is 1. The Morgan fingerprint density at radius 2 is 1.85 bits per heavy atom. The van der Waals surface area contributed by atoms with E-state index < -0.39 is 6.09 Å². The van der Waals surface area contributed by atoms with E-state index in [1.54, 1.807) is 0 Å². The number of hydrogen-bond donors (Lipinski definition) is 2. The summed E-state index contributed by atoms with van der Waals surface area (Å²) in [7, 11) is 0. The summed E-state index contributed by atoms with van der Waals surface area (Å²) in [4.78, 5) is 12.2. The first-order valence-corrected chi connectivity index (χ1v) is 4.79. The second-order valence-corrected chi connectivity index (χ2v) is 4.23. The Morgan fingerprint density at radius 3 is 2.23 bits per heavy atom. The van der Waals surface area contributed by atoms with Crippen LogP contribution in [-0.4, -0.2) is 40.9 Å². The molecule has 74 valence electrons. The molecule has 4 nitrogen and oxygen atoms in total. The zero-order valence-corrected chi connectivity index (χ0v) is 7.52. The number of carbonyl (C=O) groups is 1. The van der Waals surface area contributed by atoms with Gasteiger partial charge in [-0.3, -0.25) is 0 Å². The first-order valence-electron chi connectivity index (χ1n) is 4.79. The van der Waals surface area contributed by atoms with Gasteiger partial charge in [0, 0.05) is 19.7 Å². The summed E-state index contributed by atoms with van der Waals surface area (Å²) < 4.78 is 0. The average molecular weight is 185 g/mol. The van der Waals surface area contributed by atoms with Crippen LogP contribution in [0.25, 0.3) is 0 Å². The van der Waals surface area contributed by atoms with E-state index in [0.717, 1.165) is 12.8 Å². The minimum absolute atomic E-state index is 0.264. The summed E-state index contributed by atoms with van der Waals surface area (Å²) in [6.45, 7) is 1.62. The first-order chi connectivity index (χ1) is 6.20. The van der Waals surface area contributed by atoms with Crippen molar-refractivity contribution in [3.8, 4) is 0 Å². The lowest BCUT2D eigenvalue weighted by Gasteiger charge is -2.14. The number of aliphatic hydroxyl groups is 1. The number of hydrogen-bond acceptors (Lipinski definition) is 2. The summed E-state index contributed by atoms with van der Waals surface area (Å²) in [5, 5.41) is 17.7. The molecule has 1 heterocycles. The standard InChI is InChI=1S/C9H15NO3/c11-5-6-1-7-3-10(9(12)13)4-8(7)2-6/h6-8,11H,1-5H2,(H,12,13)/t6?,7-,8+. The number of amides is 1. The molecule has 2 rings (SSSR count). The molecule has 2 aliphatic rings. The summed E-state index contributed by atoms with van der Waals surface area (Å²) in [6.07, 6.45) is 1.21. The van der Waals surface area contributed by atoms with Crippen LogP contribution in [0.4, 0.5) is 4.79 Å². The fourth-order valence-electron chi connectivity index (χ4n) is 2.73. The fourth-order valence-corrected chi connectivity index (χ4v) is 2.73. The molecule has 2 fully saturated rings. The minimum Gasteiger partial charge on any atom is -0.465 e. The lowest BCUT2D eigenvalue weighted by molar-refractivity contribution is 0.149. The van der Waals surface area contributed by atoms with Crippen LogP contribution < -0.4 is 0 Å². The van der Waals surface area contributed by atoms with Gasteiger partial charge < -0.3 is 15.1 Å². The smallest absolute Gasteiger partial charge is 0.407 e. The number of carboxylic acid groups (broad SMARTS) is 1. The van der Waals surface area contributed by atoms with Crippen molar-refractivity contribution in [2.75, 3.05) is 19.7 Å². The molecule has 1 saturated carbocycles. The van der Waals surface area contributed by atoms with Gasteiger partial charge in [-0.05, 0) is 30.6 Å². The van der Waals surface area contributed by atoms with Gasteiger partial charge in [-0.2, -0.15) is 0 Å². The predicted octanol–water partition coefficient (Wildman–Crippen LogP) is 0.615. The van der Waals surface area contributed by atoms with Crippen molar-refractivity contribution >= 4 is 6.09 Å². The van der Waals surface area contributed by atoms with E-state index >= 15 is 0 Å². The highest BCUT2D eigenvalue weighted by atomic mass is 16.4. The Hall–Kier alpha value is -0.770. The maximum atomic E-state index is 10.7. The van der Waals surface area contributed by atoms with Gasteiger partial charge in [0.15, 0.2) is 0 Å². The van der Waals surface area contributed by atoms with Crippen molar-refractivity contribution in [2.24, 2.45) is 17.8 Å². The van der Waals surface area contributed by atoms with Crippen molar-refractivity contribution in [3.63, 3.8) is 0 Å². The highest BCUT2D eigenvalue weighted by Crippen LogP contribution is 2.41. The lowest BCUT2D eigenvalue weighted by Crippen LogP contribution is -2.28. The van der Waals surface area contributed by atoms with Crippen molar-refractivity contribution in [2.45, 2.75) is 12.8 Å². The number of likely N-dealkylation sites (tertiary alicyclic amines) is 1. The molecule has 0 aromatic carbocycles. The lowest BCUT2D eigenvalue weighted by atomic mass is 10.0. The zero-order valence-electron chi connectivity index (χ0n) is 7.52. The van der Waals surface area contributed by atoms with Crippen LogP contribution in [0.3, 0.4) is 0 Å². The molecular weight excluding hydrogens is 170 g/mol. The molecule has 1 aliphatic carbocycles. The van der Waals surface area contributed by atoms with E-state index in [4.69, 9.17) is 10.2 Å². The third-order valence-corrected chi connectivity index (χ3v) is 3.38.